The predicted octanol–water partition coefficient (Wildman–Crippen LogP) is 2.23. The molecule has 1 unspecified atom stereocenters. The fourth-order valence-electron chi connectivity index (χ4n) is 1.61. The van der Waals surface area contributed by atoms with Crippen molar-refractivity contribution < 1.29 is 19.0 Å². The van der Waals surface area contributed by atoms with Gasteiger partial charge in [-0.05, 0) is 12.1 Å². The molecule has 1 N–H and O–H groups in total. The fourth-order valence-corrected chi connectivity index (χ4v) is 1.77. The Bertz CT molecular complexity index is 449. The van der Waals surface area contributed by atoms with Crippen LogP contribution in [0.5, 0.6) is 17.2 Å². The molecule has 0 spiro atoms. The molecule has 1 amide bonds. The number of halogens is 1. The van der Waals surface area contributed by atoms with Gasteiger partial charge in [0.2, 0.25) is 5.75 Å². The molecule has 19 heavy (non-hydrogen) atoms. The first-order chi connectivity index (χ1) is 9.04. The van der Waals surface area contributed by atoms with Crippen LogP contribution in [-0.4, -0.2) is 38.6 Å². The first-order valence-electron chi connectivity index (χ1n) is 5.76. The van der Waals surface area contributed by atoms with Crippen molar-refractivity contribution in [1.29, 1.82) is 0 Å². The number of rotatable bonds is 6. The second-order valence-corrected chi connectivity index (χ2v) is 5.44. The Labute approximate surface area is 121 Å². The summed E-state index contributed by atoms with van der Waals surface area (Å²) in [5, 5.41) is 2.80. The van der Waals surface area contributed by atoms with Gasteiger partial charge in [-0.25, -0.2) is 0 Å². The number of carbonyl (C=O) groups is 1. The molecule has 1 atom stereocenters. The predicted molar refractivity (Wildman–Crippen MR) is 76.8 cm³/mol. The van der Waals surface area contributed by atoms with Gasteiger partial charge in [0.1, 0.15) is 0 Å². The molecule has 0 bridgehead atoms. The average Bonchev–Trinajstić information content (AvgIpc) is 2.42. The molecule has 1 aromatic rings. The average molecular weight is 332 g/mol. The fraction of sp³-hybridized carbons (Fsp3) is 0.462. The summed E-state index contributed by atoms with van der Waals surface area (Å²) in [6.45, 7) is 2.47. The van der Waals surface area contributed by atoms with Crippen LogP contribution in [0.4, 0.5) is 0 Å². The van der Waals surface area contributed by atoms with Gasteiger partial charge in [0.15, 0.2) is 11.5 Å². The van der Waals surface area contributed by atoms with Crippen molar-refractivity contribution in [3.05, 3.63) is 17.7 Å². The Morgan fingerprint density at radius 2 is 1.84 bits per heavy atom. The maximum atomic E-state index is 12.1. The summed E-state index contributed by atoms with van der Waals surface area (Å²) >= 11 is 3.37. The van der Waals surface area contributed by atoms with E-state index in [-0.39, 0.29) is 10.7 Å². The van der Waals surface area contributed by atoms with Gasteiger partial charge in [-0.1, -0.05) is 22.9 Å². The van der Waals surface area contributed by atoms with Crippen LogP contribution in [0.2, 0.25) is 0 Å². The van der Waals surface area contributed by atoms with Gasteiger partial charge in [-0.15, -0.1) is 0 Å². The van der Waals surface area contributed by atoms with Crippen molar-refractivity contribution in [2.45, 2.75) is 11.8 Å². The SMILES string of the molecule is COc1ccc(C(=O)NCC(C)Br)c(OC)c1OC. The van der Waals surface area contributed by atoms with Crippen molar-refractivity contribution >= 4 is 21.8 Å². The molecule has 1 aromatic carbocycles. The highest BCUT2D eigenvalue weighted by atomic mass is 79.9. The molecule has 0 aliphatic rings. The molecule has 0 aromatic heterocycles. The van der Waals surface area contributed by atoms with Gasteiger partial charge in [0.25, 0.3) is 5.91 Å². The molecule has 106 valence electrons. The third-order valence-electron chi connectivity index (χ3n) is 2.49. The zero-order valence-corrected chi connectivity index (χ0v) is 13.0. The molecule has 0 saturated carbocycles. The first-order valence-corrected chi connectivity index (χ1v) is 6.67. The van der Waals surface area contributed by atoms with Crippen molar-refractivity contribution in [3.8, 4) is 17.2 Å². The monoisotopic (exact) mass is 331 g/mol. The maximum Gasteiger partial charge on any atom is 0.255 e. The lowest BCUT2D eigenvalue weighted by atomic mass is 10.1. The summed E-state index contributed by atoms with van der Waals surface area (Å²) in [5.41, 5.74) is 0.410. The Balaban J connectivity index is 3.10. The van der Waals surface area contributed by atoms with Gasteiger partial charge >= 0.3 is 0 Å². The summed E-state index contributed by atoms with van der Waals surface area (Å²) in [5.74, 6) is 1.07. The van der Waals surface area contributed by atoms with E-state index in [0.717, 1.165) is 0 Å². The van der Waals surface area contributed by atoms with E-state index in [1.54, 1.807) is 12.1 Å². The first kappa shape index (κ1) is 15.6. The van der Waals surface area contributed by atoms with Crippen LogP contribution < -0.4 is 19.5 Å². The van der Waals surface area contributed by atoms with E-state index in [9.17, 15) is 4.79 Å². The molecule has 0 aliphatic carbocycles. The van der Waals surface area contributed by atoms with E-state index in [2.05, 4.69) is 21.2 Å². The number of benzene rings is 1. The third kappa shape index (κ3) is 3.76. The van der Waals surface area contributed by atoms with Gasteiger partial charge in [-0.3, -0.25) is 4.79 Å². The number of amides is 1. The van der Waals surface area contributed by atoms with Crippen LogP contribution in [0.1, 0.15) is 17.3 Å². The van der Waals surface area contributed by atoms with E-state index in [1.165, 1.54) is 21.3 Å². The van der Waals surface area contributed by atoms with E-state index < -0.39 is 0 Å². The van der Waals surface area contributed by atoms with Crippen LogP contribution in [0.25, 0.3) is 0 Å². The van der Waals surface area contributed by atoms with Gasteiger partial charge in [0.05, 0.1) is 26.9 Å². The van der Waals surface area contributed by atoms with Gasteiger partial charge in [-0.2, -0.15) is 0 Å². The Hall–Kier alpha value is -1.43. The minimum Gasteiger partial charge on any atom is -0.493 e. The van der Waals surface area contributed by atoms with E-state index in [1.807, 2.05) is 6.92 Å². The van der Waals surface area contributed by atoms with Crippen molar-refractivity contribution in [2.24, 2.45) is 0 Å². The Morgan fingerprint density at radius 1 is 1.21 bits per heavy atom. The number of methoxy groups -OCH3 is 3. The second-order valence-electron chi connectivity index (χ2n) is 3.87. The summed E-state index contributed by atoms with van der Waals surface area (Å²) in [4.78, 5) is 12.3. The van der Waals surface area contributed by atoms with Gasteiger partial charge in [0, 0.05) is 11.4 Å². The lowest BCUT2D eigenvalue weighted by molar-refractivity contribution is 0.0950. The lowest BCUT2D eigenvalue weighted by Gasteiger charge is -2.15. The van der Waals surface area contributed by atoms with E-state index in [0.29, 0.717) is 29.4 Å². The number of carbonyl (C=O) groups excluding carboxylic acids is 1. The minimum atomic E-state index is -0.218. The summed E-state index contributed by atoms with van der Waals surface area (Å²) in [6, 6.07) is 3.32. The Morgan fingerprint density at radius 3 is 2.32 bits per heavy atom. The number of hydrogen-bond donors (Lipinski definition) is 1. The molecule has 5 nitrogen and oxygen atoms in total. The summed E-state index contributed by atoms with van der Waals surface area (Å²) in [6.07, 6.45) is 0. The van der Waals surface area contributed by atoms with Gasteiger partial charge < -0.3 is 19.5 Å². The smallest absolute Gasteiger partial charge is 0.255 e. The van der Waals surface area contributed by atoms with Crippen molar-refractivity contribution in [1.82, 2.24) is 5.32 Å². The zero-order valence-electron chi connectivity index (χ0n) is 11.5. The third-order valence-corrected chi connectivity index (χ3v) is 2.82. The number of ether oxygens (including phenoxy) is 3. The largest absolute Gasteiger partial charge is 0.493 e. The van der Waals surface area contributed by atoms with E-state index >= 15 is 0 Å². The minimum absolute atomic E-state index is 0.197. The summed E-state index contributed by atoms with van der Waals surface area (Å²) in [7, 11) is 4.52. The molecule has 0 heterocycles. The Kier molecular flexibility index (Phi) is 5.95. The highest BCUT2D eigenvalue weighted by molar-refractivity contribution is 9.09. The van der Waals surface area contributed by atoms with Crippen LogP contribution in [-0.2, 0) is 0 Å². The maximum absolute atomic E-state index is 12.1. The number of nitrogens with one attached hydrogen (secondary N) is 1. The molecular weight excluding hydrogens is 314 g/mol. The normalized spacial score (nSPS) is 11.6. The molecule has 0 aliphatic heterocycles. The summed E-state index contributed by atoms with van der Waals surface area (Å²) < 4.78 is 15.7. The molecule has 0 radical (unpaired) electrons. The van der Waals surface area contributed by atoms with Crippen LogP contribution >= 0.6 is 15.9 Å². The molecule has 6 heteroatoms. The topological polar surface area (TPSA) is 56.8 Å². The van der Waals surface area contributed by atoms with Crippen LogP contribution in [0.3, 0.4) is 0 Å². The second kappa shape index (κ2) is 7.23. The quantitative estimate of drug-likeness (QED) is 0.812. The van der Waals surface area contributed by atoms with Crippen LogP contribution in [0.15, 0.2) is 12.1 Å². The lowest BCUT2D eigenvalue weighted by Crippen LogP contribution is -2.28. The standard InChI is InChI=1S/C13H18BrNO4/c1-8(14)7-15-13(16)9-5-6-10(17-2)12(19-4)11(9)18-3/h5-6,8H,7H2,1-4H3,(H,15,16). The van der Waals surface area contributed by atoms with E-state index in [4.69, 9.17) is 14.2 Å². The zero-order chi connectivity index (χ0) is 14.4. The van der Waals surface area contributed by atoms with Crippen molar-refractivity contribution in [3.63, 3.8) is 0 Å². The molecular formula is C13H18BrNO4. The molecule has 0 fully saturated rings. The highest BCUT2D eigenvalue weighted by Gasteiger charge is 2.20. The number of hydrogen-bond acceptors (Lipinski definition) is 4. The molecule has 1 rings (SSSR count). The molecule has 0 saturated heterocycles. The number of alkyl halides is 1. The van der Waals surface area contributed by atoms with Crippen LogP contribution in [0, 0.1) is 0 Å². The highest BCUT2D eigenvalue weighted by Crippen LogP contribution is 2.39. The van der Waals surface area contributed by atoms with Crippen molar-refractivity contribution in [2.75, 3.05) is 27.9 Å².